The molecule has 1 aromatic rings. The van der Waals surface area contributed by atoms with Crippen LogP contribution in [0.1, 0.15) is 30.4 Å². The van der Waals surface area contributed by atoms with Gasteiger partial charge in [-0.15, -0.1) is 0 Å². The zero-order valence-corrected chi connectivity index (χ0v) is 15.9. The molecule has 152 valence electrons. The second-order valence-electron chi connectivity index (χ2n) is 7.77. The Labute approximate surface area is 162 Å². The topological polar surface area (TPSA) is 56.6 Å². The smallest absolute Gasteiger partial charge is 0.261 e. The number of nitrogens with zero attached hydrogens (tertiary/aromatic N) is 3. The maximum atomic E-state index is 14.6. The predicted molar refractivity (Wildman–Crippen MR) is 96.1 cm³/mol. The minimum Gasteiger partial charge on any atom is -0.383 e. The van der Waals surface area contributed by atoms with Gasteiger partial charge in [0.1, 0.15) is 11.9 Å². The summed E-state index contributed by atoms with van der Waals surface area (Å²) in [7, 11) is 1.54. The van der Waals surface area contributed by atoms with Crippen LogP contribution in [0, 0.1) is 22.6 Å². The molecule has 1 spiro atoms. The van der Waals surface area contributed by atoms with E-state index >= 15 is 0 Å². The lowest BCUT2D eigenvalue weighted by Crippen LogP contribution is -2.61. The zero-order valence-electron chi connectivity index (χ0n) is 15.9. The van der Waals surface area contributed by atoms with Gasteiger partial charge in [-0.1, -0.05) is 6.07 Å². The Morgan fingerprint density at radius 2 is 2.11 bits per heavy atom. The number of nitriles is 1. The molecular weight excluding hydrogens is 371 g/mol. The Morgan fingerprint density at radius 3 is 2.82 bits per heavy atom. The van der Waals surface area contributed by atoms with Crippen LogP contribution in [0.15, 0.2) is 18.2 Å². The number of benzene rings is 1. The summed E-state index contributed by atoms with van der Waals surface area (Å²) in [5.74, 6) is -3.86. The Kier molecular flexibility index (Phi) is 5.96. The van der Waals surface area contributed by atoms with Crippen LogP contribution in [0.5, 0.6) is 0 Å². The van der Waals surface area contributed by atoms with E-state index in [9.17, 15) is 18.0 Å². The molecule has 0 saturated carbocycles. The summed E-state index contributed by atoms with van der Waals surface area (Å²) in [5.41, 5.74) is -0.660. The summed E-state index contributed by atoms with van der Waals surface area (Å²) >= 11 is 0. The van der Waals surface area contributed by atoms with Crippen molar-refractivity contribution < 1.29 is 22.7 Å². The monoisotopic (exact) mass is 395 g/mol. The van der Waals surface area contributed by atoms with Gasteiger partial charge in [-0.25, -0.2) is 13.2 Å². The number of carbonyl (C=O) groups is 1. The van der Waals surface area contributed by atoms with E-state index in [4.69, 9.17) is 10.00 Å². The van der Waals surface area contributed by atoms with Crippen molar-refractivity contribution in [3.8, 4) is 6.07 Å². The average Bonchev–Trinajstić information content (AvgIpc) is 2.63. The van der Waals surface area contributed by atoms with E-state index in [1.54, 1.807) is 23.0 Å². The van der Waals surface area contributed by atoms with Crippen molar-refractivity contribution in [2.45, 2.75) is 31.7 Å². The number of methoxy groups -OCH3 is 1. The van der Waals surface area contributed by atoms with Gasteiger partial charge in [-0.3, -0.25) is 9.69 Å². The summed E-state index contributed by atoms with van der Waals surface area (Å²) in [4.78, 5) is 16.2. The second-order valence-corrected chi connectivity index (χ2v) is 7.77. The first kappa shape index (κ1) is 20.6. The number of carbonyl (C=O) groups excluding carboxylic acids is 1. The Balaban J connectivity index is 1.81. The minimum absolute atomic E-state index is 0.115. The fraction of sp³-hybridized carbons (Fsp3) is 0.600. The summed E-state index contributed by atoms with van der Waals surface area (Å²) in [6.45, 7) is 1.22. The lowest BCUT2D eigenvalue weighted by Gasteiger charge is -2.49. The van der Waals surface area contributed by atoms with Crippen molar-refractivity contribution in [3.05, 3.63) is 35.1 Å². The van der Waals surface area contributed by atoms with Gasteiger partial charge in [-0.05, 0) is 30.5 Å². The zero-order chi connectivity index (χ0) is 20.4. The highest BCUT2D eigenvalue weighted by atomic mass is 19.3. The molecule has 0 N–H and O–H groups in total. The minimum atomic E-state index is -2.99. The number of hydrogen-bond acceptors (Lipinski definition) is 4. The lowest BCUT2D eigenvalue weighted by atomic mass is 9.71. The molecule has 2 saturated heterocycles. The molecule has 2 aliphatic rings. The first-order chi connectivity index (χ1) is 13.3. The number of amides is 1. The Bertz CT molecular complexity index is 780. The van der Waals surface area contributed by atoms with Crippen molar-refractivity contribution >= 4 is 5.91 Å². The average molecular weight is 395 g/mol. The highest BCUT2D eigenvalue weighted by molar-refractivity contribution is 5.84. The van der Waals surface area contributed by atoms with Gasteiger partial charge in [0.15, 0.2) is 0 Å². The first-order valence-corrected chi connectivity index (χ1v) is 9.36. The standard InChI is InChI=1S/C20H24F3N3O2/c1-28-8-7-26-6-2-5-19(18(26)27)12-20(22,23)14-25(13-19)11-15-3-4-17(21)16(9-15)10-24/h3-4,9H,2,5-8,11-14H2,1H3/t19-/m0/s1. The van der Waals surface area contributed by atoms with Crippen molar-refractivity contribution in [2.24, 2.45) is 5.41 Å². The molecule has 2 heterocycles. The third kappa shape index (κ3) is 4.31. The fourth-order valence-electron chi connectivity index (χ4n) is 4.42. The molecule has 0 radical (unpaired) electrons. The molecule has 0 unspecified atom stereocenters. The summed E-state index contributed by atoms with van der Waals surface area (Å²) in [5, 5.41) is 8.98. The third-order valence-corrected chi connectivity index (χ3v) is 5.53. The molecule has 0 aliphatic carbocycles. The highest BCUT2D eigenvalue weighted by Crippen LogP contribution is 2.45. The SMILES string of the molecule is COCCN1CCC[C@]2(CN(Cc3ccc(F)c(C#N)c3)CC(F)(F)C2)C1=O. The number of alkyl halides is 2. The van der Waals surface area contributed by atoms with Crippen LogP contribution < -0.4 is 0 Å². The second kappa shape index (κ2) is 8.10. The van der Waals surface area contributed by atoms with E-state index < -0.39 is 30.1 Å². The largest absolute Gasteiger partial charge is 0.383 e. The van der Waals surface area contributed by atoms with Crippen LogP contribution in [0.25, 0.3) is 0 Å². The van der Waals surface area contributed by atoms with Crippen LogP contribution in [0.2, 0.25) is 0 Å². The molecule has 8 heteroatoms. The Hall–Kier alpha value is -2.11. The summed E-state index contributed by atoms with van der Waals surface area (Å²) in [6, 6.07) is 5.80. The van der Waals surface area contributed by atoms with Crippen molar-refractivity contribution in [1.82, 2.24) is 9.80 Å². The highest BCUT2D eigenvalue weighted by Gasteiger charge is 2.54. The molecule has 3 rings (SSSR count). The van der Waals surface area contributed by atoms with Crippen LogP contribution in [-0.4, -0.2) is 61.5 Å². The lowest BCUT2D eigenvalue weighted by molar-refractivity contribution is -0.170. The molecule has 0 bridgehead atoms. The summed E-state index contributed by atoms with van der Waals surface area (Å²) < 4.78 is 47.8. The number of piperidine rings is 2. The van der Waals surface area contributed by atoms with Crippen molar-refractivity contribution in [3.63, 3.8) is 0 Å². The number of halogens is 3. The molecular formula is C20H24F3N3O2. The van der Waals surface area contributed by atoms with Gasteiger partial charge in [0.05, 0.1) is 24.1 Å². The van der Waals surface area contributed by atoms with Crippen LogP contribution >= 0.6 is 0 Å². The molecule has 1 amide bonds. The molecule has 5 nitrogen and oxygen atoms in total. The number of likely N-dealkylation sites (tertiary alicyclic amines) is 2. The van der Waals surface area contributed by atoms with E-state index in [2.05, 4.69) is 0 Å². The van der Waals surface area contributed by atoms with E-state index in [0.717, 1.165) is 0 Å². The molecule has 2 aliphatic heterocycles. The molecule has 0 aromatic heterocycles. The van der Waals surface area contributed by atoms with Gasteiger partial charge >= 0.3 is 0 Å². The van der Waals surface area contributed by atoms with Crippen LogP contribution in [0.4, 0.5) is 13.2 Å². The molecule has 1 aromatic carbocycles. The van der Waals surface area contributed by atoms with Crippen molar-refractivity contribution in [1.29, 1.82) is 5.26 Å². The molecule has 1 atom stereocenters. The number of hydrogen-bond donors (Lipinski definition) is 0. The van der Waals surface area contributed by atoms with E-state index in [1.807, 2.05) is 0 Å². The molecule has 2 fully saturated rings. The molecule has 28 heavy (non-hydrogen) atoms. The van der Waals surface area contributed by atoms with Gasteiger partial charge in [-0.2, -0.15) is 5.26 Å². The van der Waals surface area contributed by atoms with Crippen LogP contribution in [-0.2, 0) is 16.1 Å². The fourth-order valence-corrected chi connectivity index (χ4v) is 4.42. The third-order valence-electron chi connectivity index (χ3n) is 5.53. The normalized spacial score (nSPS) is 25.1. The van der Waals surface area contributed by atoms with Crippen LogP contribution in [0.3, 0.4) is 0 Å². The van der Waals surface area contributed by atoms with E-state index in [-0.39, 0.29) is 24.6 Å². The van der Waals surface area contributed by atoms with Gasteiger partial charge in [0.2, 0.25) is 5.91 Å². The number of ether oxygens (including phenoxy) is 1. The Morgan fingerprint density at radius 1 is 1.32 bits per heavy atom. The summed E-state index contributed by atoms with van der Waals surface area (Å²) in [6.07, 6.45) is 0.647. The predicted octanol–water partition coefficient (Wildman–Crippen LogP) is 2.79. The maximum Gasteiger partial charge on any atom is 0.261 e. The van der Waals surface area contributed by atoms with Gasteiger partial charge < -0.3 is 9.64 Å². The maximum absolute atomic E-state index is 14.6. The quantitative estimate of drug-likeness (QED) is 0.769. The van der Waals surface area contributed by atoms with Gasteiger partial charge in [0.25, 0.3) is 5.92 Å². The number of rotatable bonds is 5. The van der Waals surface area contributed by atoms with E-state index in [0.29, 0.717) is 38.1 Å². The first-order valence-electron chi connectivity index (χ1n) is 9.36. The van der Waals surface area contributed by atoms with E-state index in [1.165, 1.54) is 18.2 Å². The van der Waals surface area contributed by atoms with Crippen molar-refractivity contribution in [2.75, 3.05) is 39.9 Å². The van der Waals surface area contributed by atoms with Gasteiger partial charge in [0, 0.05) is 39.7 Å².